The lowest BCUT2D eigenvalue weighted by Gasteiger charge is -2.08. The molecule has 2 unspecified atom stereocenters. The van der Waals surface area contributed by atoms with Crippen LogP contribution in [0.15, 0.2) is 12.3 Å². The number of alkyl halides is 3. The molecule has 1 saturated carbocycles. The summed E-state index contributed by atoms with van der Waals surface area (Å²) in [6.07, 6.45) is -2.87. The molecule has 1 aliphatic rings. The van der Waals surface area contributed by atoms with Gasteiger partial charge in [0, 0.05) is 18.2 Å². The smallest absolute Gasteiger partial charge is 0.327 e. The van der Waals surface area contributed by atoms with Gasteiger partial charge in [-0.05, 0) is 12.5 Å². The van der Waals surface area contributed by atoms with E-state index in [0.717, 1.165) is 18.7 Å². The first kappa shape index (κ1) is 10.7. The second kappa shape index (κ2) is 3.35. The van der Waals surface area contributed by atoms with Gasteiger partial charge < -0.3 is 5.73 Å². The molecule has 0 aliphatic heterocycles. The molecule has 0 saturated heterocycles. The lowest BCUT2D eigenvalue weighted by atomic mass is 10.2. The van der Waals surface area contributed by atoms with Crippen molar-refractivity contribution in [2.24, 2.45) is 5.73 Å². The van der Waals surface area contributed by atoms with E-state index in [1.807, 2.05) is 0 Å². The lowest BCUT2D eigenvalue weighted by Crippen LogP contribution is -2.08. The van der Waals surface area contributed by atoms with Crippen LogP contribution in [0.3, 0.4) is 0 Å². The molecular weight excluding hydrogens is 229 g/mol. The molecule has 2 rings (SSSR count). The van der Waals surface area contributed by atoms with Crippen LogP contribution in [-0.2, 0) is 6.18 Å². The molecule has 1 heterocycles. The Hall–Kier alpha value is -0.810. The highest BCUT2D eigenvalue weighted by Crippen LogP contribution is 2.42. The Morgan fingerprint density at radius 3 is 2.47 bits per heavy atom. The first-order valence-corrected chi connectivity index (χ1v) is 4.75. The molecule has 2 nitrogen and oxygen atoms in total. The maximum Gasteiger partial charge on any atom is 0.417 e. The van der Waals surface area contributed by atoms with Crippen LogP contribution in [0.1, 0.15) is 23.6 Å². The van der Waals surface area contributed by atoms with Crippen molar-refractivity contribution in [1.82, 2.24) is 4.98 Å². The molecule has 0 bridgehead atoms. The summed E-state index contributed by atoms with van der Waals surface area (Å²) >= 11 is 5.72. The van der Waals surface area contributed by atoms with Gasteiger partial charge in [0.2, 0.25) is 0 Å². The largest absolute Gasteiger partial charge is 0.417 e. The van der Waals surface area contributed by atoms with Crippen molar-refractivity contribution in [3.05, 3.63) is 28.5 Å². The Kier molecular flexibility index (Phi) is 2.39. The fourth-order valence-electron chi connectivity index (χ4n) is 1.41. The van der Waals surface area contributed by atoms with Crippen LogP contribution < -0.4 is 5.73 Å². The van der Waals surface area contributed by atoms with Crippen molar-refractivity contribution in [2.75, 3.05) is 0 Å². The van der Waals surface area contributed by atoms with Gasteiger partial charge in [0.1, 0.15) is 0 Å². The number of nitrogens with two attached hydrogens (primary N) is 1. The molecule has 1 fully saturated rings. The maximum atomic E-state index is 12.3. The van der Waals surface area contributed by atoms with Crippen molar-refractivity contribution in [1.29, 1.82) is 0 Å². The fraction of sp³-hybridized carbons (Fsp3) is 0.444. The summed E-state index contributed by atoms with van der Waals surface area (Å²) in [5.74, 6) is 0.0137. The molecule has 0 amide bonds. The predicted molar refractivity (Wildman–Crippen MR) is 49.6 cm³/mol. The molecule has 0 spiro atoms. The van der Waals surface area contributed by atoms with Crippen LogP contribution in [0.25, 0.3) is 0 Å². The van der Waals surface area contributed by atoms with E-state index in [4.69, 9.17) is 17.3 Å². The second-order valence-electron chi connectivity index (χ2n) is 3.59. The Labute approximate surface area is 89.2 Å². The summed E-state index contributed by atoms with van der Waals surface area (Å²) in [6, 6.07) is 0.876. The van der Waals surface area contributed by atoms with Gasteiger partial charge >= 0.3 is 6.18 Å². The molecular formula is C9H8ClF3N2. The monoisotopic (exact) mass is 236 g/mol. The third kappa shape index (κ3) is 2.08. The summed E-state index contributed by atoms with van der Waals surface area (Å²) in [6.45, 7) is 0. The van der Waals surface area contributed by atoms with Crippen molar-refractivity contribution in [3.8, 4) is 0 Å². The Morgan fingerprint density at radius 1 is 1.47 bits per heavy atom. The first-order chi connectivity index (χ1) is 6.89. The summed E-state index contributed by atoms with van der Waals surface area (Å²) in [7, 11) is 0. The van der Waals surface area contributed by atoms with Crippen molar-refractivity contribution < 1.29 is 13.2 Å². The average molecular weight is 237 g/mol. The van der Waals surface area contributed by atoms with Crippen LogP contribution in [0.4, 0.5) is 13.2 Å². The summed E-state index contributed by atoms with van der Waals surface area (Å²) in [5.41, 5.74) is 5.21. The van der Waals surface area contributed by atoms with Crippen LogP contribution in [0.5, 0.6) is 0 Å². The zero-order chi connectivity index (χ0) is 11.2. The number of rotatable bonds is 1. The van der Waals surface area contributed by atoms with Gasteiger partial charge in [-0.1, -0.05) is 11.6 Å². The quantitative estimate of drug-likeness (QED) is 0.814. The summed E-state index contributed by atoms with van der Waals surface area (Å²) in [5, 5.41) is 0.0442. The van der Waals surface area contributed by atoms with E-state index in [-0.39, 0.29) is 17.0 Å². The molecule has 1 aromatic heterocycles. The first-order valence-electron chi connectivity index (χ1n) is 4.38. The zero-order valence-corrected chi connectivity index (χ0v) is 8.31. The van der Waals surface area contributed by atoms with Crippen LogP contribution >= 0.6 is 11.6 Å². The lowest BCUT2D eigenvalue weighted by molar-refractivity contribution is -0.137. The highest BCUT2D eigenvalue weighted by molar-refractivity contribution is 6.31. The molecule has 0 aromatic carbocycles. The SMILES string of the molecule is NC1CC1c1ncc(C(F)(F)F)cc1Cl. The Bertz CT molecular complexity index is 391. The number of hydrogen-bond acceptors (Lipinski definition) is 2. The molecule has 15 heavy (non-hydrogen) atoms. The molecule has 82 valence electrons. The van der Waals surface area contributed by atoms with Gasteiger partial charge in [-0.3, -0.25) is 4.98 Å². The normalized spacial score (nSPS) is 25.4. The minimum absolute atomic E-state index is 0.0137. The van der Waals surface area contributed by atoms with Gasteiger partial charge in [0.15, 0.2) is 0 Å². The minimum atomic E-state index is -4.40. The fourth-order valence-corrected chi connectivity index (χ4v) is 1.71. The van der Waals surface area contributed by atoms with E-state index >= 15 is 0 Å². The number of pyridine rings is 1. The van der Waals surface area contributed by atoms with E-state index in [0.29, 0.717) is 5.69 Å². The van der Waals surface area contributed by atoms with Crippen LogP contribution in [0, 0.1) is 0 Å². The van der Waals surface area contributed by atoms with Crippen molar-refractivity contribution >= 4 is 11.6 Å². The second-order valence-corrected chi connectivity index (χ2v) is 4.00. The molecule has 2 N–H and O–H groups in total. The van der Waals surface area contributed by atoms with Crippen LogP contribution in [-0.4, -0.2) is 11.0 Å². The highest BCUT2D eigenvalue weighted by atomic mass is 35.5. The topological polar surface area (TPSA) is 38.9 Å². The third-order valence-electron chi connectivity index (χ3n) is 2.39. The molecule has 0 radical (unpaired) electrons. The standard InChI is InChI=1S/C9H8ClF3N2/c10-6-1-4(9(11,12)13)3-15-8(6)5-2-7(5)14/h1,3,5,7H,2,14H2. The predicted octanol–water partition coefficient (Wildman–Crippen LogP) is 2.57. The zero-order valence-electron chi connectivity index (χ0n) is 7.55. The van der Waals surface area contributed by atoms with Gasteiger partial charge in [0.25, 0.3) is 0 Å². The van der Waals surface area contributed by atoms with Gasteiger partial charge in [-0.15, -0.1) is 0 Å². The summed E-state index contributed by atoms with van der Waals surface area (Å²) < 4.78 is 36.8. The average Bonchev–Trinajstić information content (AvgIpc) is 2.80. The maximum absolute atomic E-state index is 12.3. The number of halogens is 4. The summed E-state index contributed by atoms with van der Waals surface area (Å²) in [4.78, 5) is 3.73. The van der Waals surface area contributed by atoms with E-state index in [1.165, 1.54) is 0 Å². The van der Waals surface area contributed by atoms with E-state index < -0.39 is 11.7 Å². The molecule has 2 atom stereocenters. The Morgan fingerprint density at radius 2 is 2.07 bits per heavy atom. The third-order valence-corrected chi connectivity index (χ3v) is 2.69. The molecule has 1 aliphatic carbocycles. The van der Waals surface area contributed by atoms with Crippen LogP contribution in [0.2, 0.25) is 5.02 Å². The number of aromatic nitrogens is 1. The van der Waals surface area contributed by atoms with E-state index in [2.05, 4.69) is 4.98 Å². The van der Waals surface area contributed by atoms with E-state index in [1.54, 1.807) is 0 Å². The number of hydrogen-bond donors (Lipinski definition) is 1. The number of nitrogens with zero attached hydrogens (tertiary/aromatic N) is 1. The van der Waals surface area contributed by atoms with E-state index in [9.17, 15) is 13.2 Å². The minimum Gasteiger partial charge on any atom is -0.327 e. The van der Waals surface area contributed by atoms with Gasteiger partial charge in [-0.25, -0.2) is 0 Å². The molecule has 6 heteroatoms. The highest BCUT2D eigenvalue weighted by Gasteiger charge is 2.39. The Balaban J connectivity index is 2.31. The van der Waals surface area contributed by atoms with Crippen molar-refractivity contribution in [3.63, 3.8) is 0 Å². The van der Waals surface area contributed by atoms with Gasteiger partial charge in [0.05, 0.1) is 16.3 Å². The van der Waals surface area contributed by atoms with Gasteiger partial charge in [-0.2, -0.15) is 13.2 Å². The van der Waals surface area contributed by atoms with Crippen molar-refractivity contribution in [2.45, 2.75) is 24.6 Å². The molecule has 1 aromatic rings.